The lowest BCUT2D eigenvalue weighted by Crippen LogP contribution is -2.11. The van der Waals surface area contributed by atoms with Gasteiger partial charge in [-0.3, -0.25) is 0 Å². The van der Waals surface area contributed by atoms with Crippen molar-refractivity contribution in [3.63, 3.8) is 0 Å². The fourth-order valence-corrected chi connectivity index (χ4v) is 2.43. The molecule has 0 fully saturated rings. The summed E-state index contributed by atoms with van der Waals surface area (Å²) < 4.78 is 13.0. The van der Waals surface area contributed by atoms with Crippen LogP contribution in [0.4, 0.5) is 0 Å². The normalized spacial score (nSPS) is 10.8. The van der Waals surface area contributed by atoms with Crippen LogP contribution in [-0.2, 0) is 22.4 Å². The summed E-state index contributed by atoms with van der Waals surface area (Å²) in [5.41, 5.74) is 1.08. The van der Waals surface area contributed by atoms with Crippen molar-refractivity contribution >= 4 is 14.6 Å². The van der Waals surface area contributed by atoms with Crippen LogP contribution >= 0.6 is 0 Å². The van der Waals surface area contributed by atoms with E-state index in [0.29, 0.717) is 31.5 Å². The predicted octanol–water partition coefficient (Wildman–Crippen LogP) is 4.56. The van der Waals surface area contributed by atoms with Crippen LogP contribution in [0.1, 0.15) is 60.1 Å². The van der Waals surface area contributed by atoms with Crippen molar-refractivity contribution in [1.82, 2.24) is 15.0 Å². The SMILES string of the molecule is CC.CC(C)[B]CCCCc1cn(CCOCCOCC[B]C(C)C)nn1. The van der Waals surface area contributed by atoms with Gasteiger partial charge in [0.25, 0.3) is 0 Å². The topological polar surface area (TPSA) is 49.2 Å². The third-order valence-corrected chi connectivity index (χ3v) is 3.85. The van der Waals surface area contributed by atoms with Crippen molar-refractivity contribution in [3.05, 3.63) is 11.9 Å². The molecule has 0 unspecified atom stereocenters. The summed E-state index contributed by atoms with van der Waals surface area (Å²) in [5, 5.41) is 8.39. The molecule has 0 aliphatic rings. The Bertz CT molecular complexity index is 429. The van der Waals surface area contributed by atoms with Crippen LogP contribution in [0.25, 0.3) is 0 Å². The first kappa shape index (κ1) is 26.2. The van der Waals surface area contributed by atoms with E-state index in [-0.39, 0.29) is 0 Å². The maximum atomic E-state index is 5.58. The number of nitrogens with zero attached hydrogens (tertiary/aromatic N) is 3. The van der Waals surface area contributed by atoms with E-state index in [0.717, 1.165) is 31.6 Å². The van der Waals surface area contributed by atoms with Gasteiger partial charge in [0.2, 0.25) is 0 Å². The monoisotopic (exact) mass is 377 g/mol. The maximum Gasteiger partial charge on any atom is 0.115 e. The molecule has 0 spiro atoms. The summed E-state index contributed by atoms with van der Waals surface area (Å²) in [4.78, 5) is 0. The first-order chi connectivity index (χ1) is 13.1. The summed E-state index contributed by atoms with van der Waals surface area (Å²) in [6, 6.07) is 0. The number of hydrogen-bond donors (Lipinski definition) is 0. The van der Waals surface area contributed by atoms with Crippen LogP contribution < -0.4 is 0 Å². The second-order valence-corrected chi connectivity index (χ2v) is 7.19. The molecule has 2 radical (unpaired) electrons. The van der Waals surface area contributed by atoms with Gasteiger partial charge in [0.15, 0.2) is 0 Å². The number of aryl methyl sites for hydroxylation is 1. The molecule has 0 saturated carbocycles. The Hall–Kier alpha value is -0.810. The summed E-state index contributed by atoms with van der Waals surface area (Å²) in [6.45, 7) is 16.3. The third-order valence-electron chi connectivity index (χ3n) is 3.85. The van der Waals surface area contributed by atoms with Gasteiger partial charge in [-0.15, -0.1) is 5.10 Å². The third kappa shape index (κ3) is 17.0. The Morgan fingerprint density at radius 3 is 2.19 bits per heavy atom. The zero-order chi connectivity index (χ0) is 20.3. The quantitative estimate of drug-likeness (QED) is 0.313. The van der Waals surface area contributed by atoms with E-state index in [4.69, 9.17) is 9.47 Å². The Balaban J connectivity index is 0.00000326. The fourth-order valence-electron chi connectivity index (χ4n) is 2.43. The van der Waals surface area contributed by atoms with Gasteiger partial charge in [-0.25, -0.2) is 4.68 Å². The van der Waals surface area contributed by atoms with E-state index in [1.807, 2.05) is 24.7 Å². The Kier molecular flexibility index (Phi) is 18.0. The van der Waals surface area contributed by atoms with Crippen LogP contribution in [0.3, 0.4) is 0 Å². The summed E-state index contributed by atoms with van der Waals surface area (Å²) in [7, 11) is 4.65. The van der Waals surface area contributed by atoms with Gasteiger partial charge < -0.3 is 9.47 Å². The molecule has 0 aliphatic carbocycles. The van der Waals surface area contributed by atoms with Gasteiger partial charge >= 0.3 is 0 Å². The average molecular weight is 377 g/mol. The van der Waals surface area contributed by atoms with E-state index in [9.17, 15) is 0 Å². The predicted molar refractivity (Wildman–Crippen MR) is 117 cm³/mol. The van der Waals surface area contributed by atoms with Crippen LogP contribution in [0.2, 0.25) is 24.3 Å². The Morgan fingerprint density at radius 2 is 1.52 bits per heavy atom. The molecule has 0 atom stereocenters. The van der Waals surface area contributed by atoms with E-state index in [1.54, 1.807) is 0 Å². The summed E-state index contributed by atoms with van der Waals surface area (Å²) in [6.07, 6.45) is 7.64. The minimum Gasteiger partial charge on any atom is -0.380 e. The van der Waals surface area contributed by atoms with Crippen molar-refractivity contribution in [2.24, 2.45) is 0 Å². The minimum absolute atomic E-state index is 0.630. The Labute approximate surface area is 169 Å². The van der Waals surface area contributed by atoms with Gasteiger partial charge in [-0.1, -0.05) is 77.5 Å². The van der Waals surface area contributed by atoms with Crippen molar-refractivity contribution < 1.29 is 9.47 Å². The highest BCUT2D eigenvalue weighted by Gasteiger charge is 2.02. The lowest BCUT2D eigenvalue weighted by atomic mass is 9.63. The van der Waals surface area contributed by atoms with Crippen molar-refractivity contribution in [2.75, 3.05) is 26.4 Å². The lowest BCUT2D eigenvalue weighted by Gasteiger charge is -2.06. The molecule has 1 aromatic heterocycles. The van der Waals surface area contributed by atoms with Gasteiger partial charge in [-0.2, -0.15) is 0 Å². The largest absolute Gasteiger partial charge is 0.380 e. The Morgan fingerprint density at radius 1 is 0.889 bits per heavy atom. The number of aromatic nitrogens is 3. The maximum absolute atomic E-state index is 5.58. The second-order valence-electron chi connectivity index (χ2n) is 7.19. The van der Waals surface area contributed by atoms with Gasteiger partial charge in [0, 0.05) is 12.8 Å². The average Bonchev–Trinajstić information content (AvgIpc) is 3.09. The van der Waals surface area contributed by atoms with Crippen LogP contribution in [0.5, 0.6) is 0 Å². The first-order valence-corrected chi connectivity index (χ1v) is 10.8. The van der Waals surface area contributed by atoms with E-state index < -0.39 is 0 Å². The highest BCUT2D eigenvalue weighted by Crippen LogP contribution is 2.07. The van der Waals surface area contributed by atoms with Crippen LogP contribution in [0.15, 0.2) is 6.20 Å². The fraction of sp³-hybridized carbons (Fsp3) is 0.900. The number of hydrogen-bond acceptors (Lipinski definition) is 4. The molecule has 0 aromatic carbocycles. The number of unbranched alkanes of at least 4 members (excludes halogenated alkanes) is 1. The first-order valence-electron chi connectivity index (χ1n) is 10.8. The highest BCUT2D eigenvalue weighted by molar-refractivity contribution is 6.37. The van der Waals surface area contributed by atoms with E-state index in [2.05, 4.69) is 52.6 Å². The molecule has 5 nitrogen and oxygen atoms in total. The molecule has 1 aromatic rings. The second kappa shape index (κ2) is 18.5. The van der Waals surface area contributed by atoms with Crippen molar-refractivity contribution in [3.8, 4) is 0 Å². The molecule has 0 amide bonds. The van der Waals surface area contributed by atoms with E-state index in [1.165, 1.54) is 19.2 Å². The molecule has 27 heavy (non-hydrogen) atoms. The van der Waals surface area contributed by atoms with Gasteiger partial charge in [-0.05, 0) is 12.8 Å². The van der Waals surface area contributed by atoms with Crippen LogP contribution in [0, 0.1) is 0 Å². The molecule has 0 bridgehead atoms. The molecule has 0 aliphatic heterocycles. The molecule has 7 heteroatoms. The molecule has 1 rings (SSSR count). The lowest BCUT2D eigenvalue weighted by molar-refractivity contribution is 0.0486. The molecule has 0 saturated heterocycles. The minimum atomic E-state index is 0.630. The summed E-state index contributed by atoms with van der Waals surface area (Å²) >= 11 is 0. The standard InChI is InChI=1S/C18H35B2N3O2.C2H6/c1-16(2)19-8-6-5-7-18-15-23(22-21-18)10-12-25-14-13-24-11-9-20-17(3)4;1-2/h15-17H,5-14H2,1-4H3;1-2H3. The molecule has 0 N–H and O–H groups in total. The number of ether oxygens (including phenoxy) is 2. The molecular formula is C20H41B2N3O2. The zero-order valence-electron chi connectivity index (χ0n) is 18.6. The summed E-state index contributed by atoms with van der Waals surface area (Å²) in [5.74, 6) is 1.32. The molecular weight excluding hydrogens is 336 g/mol. The van der Waals surface area contributed by atoms with E-state index >= 15 is 0 Å². The highest BCUT2D eigenvalue weighted by atomic mass is 16.5. The molecule has 154 valence electrons. The van der Waals surface area contributed by atoms with Crippen LogP contribution in [-0.4, -0.2) is 56.0 Å². The van der Waals surface area contributed by atoms with Crippen molar-refractivity contribution in [1.29, 1.82) is 0 Å². The smallest absolute Gasteiger partial charge is 0.115 e. The zero-order valence-corrected chi connectivity index (χ0v) is 18.6. The molecule has 1 heterocycles. The van der Waals surface area contributed by atoms with Gasteiger partial charge in [0.1, 0.15) is 14.6 Å². The van der Waals surface area contributed by atoms with Gasteiger partial charge in [0.05, 0.1) is 32.1 Å². The number of rotatable bonds is 16. The van der Waals surface area contributed by atoms with Crippen molar-refractivity contribution in [2.45, 2.75) is 91.6 Å².